The Hall–Kier alpha value is -2.73. The maximum atomic E-state index is 13.8. The molecule has 3 aromatic rings. The Balaban J connectivity index is 2.29. The zero-order chi connectivity index (χ0) is 17.3. The predicted octanol–water partition coefficient (Wildman–Crippen LogP) is 3.02. The molecular formula is C17H12ClFN2O3. The van der Waals surface area contributed by atoms with Gasteiger partial charge >= 0.3 is 5.97 Å². The highest BCUT2D eigenvalue weighted by molar-refractivity contribution is 6.31. The van der Waals surface area contributed by atoms with Crippen LogP contribution >= 0.6 is 11.6 Å². The summed E-state index contributed by atoms with van der Waals surface area (Å²) in [5.74, 6) is -1.50. The number of fused-ring (bicyclic) bond motifs is 1. The van der Waals surface area contributed by atoms with Crippen LogP contribution < -0.4 is 5.43 Å². The van der Waals surface area contributed by atoms with E-state index >= 15 is 0 Å². The van der Waals surface area contributed by atoms with Crippen molar-refractivity contribution >= 4 is 28.5 Å². The van der Waals surface area contributed by atoms with Crippen LogP contribution in [0.15, 0.2) is 47.7 Å². The van der Waals surface area contributed by atoms with E-state index < -0.39 is 17.2 Å². The third kappa shape index (κ3) is 2.88. The van der Waals surface area contributed by atoms with Crippen molar-refractivity contribution in [3.05, 3.63) is 75.0 Å². The standard InChI is InChI=1S/C17H12ClFN2O3/c1-24-17(23)12-9-21(8-10-2-4-20-5-3-10)15-7-13(18)14(19)6-11(15)16(12)22/h2-7,9H,8H2,1H3. The highest BCUT2D eigenvalue weighted by atomic mass is 35.5. The van der Waals surface area contributed by atoms with Crippen molar-refractivity contribution in [2.24, 2.45) is 0 Å². The van der Waals surface area contributed by atoms with Crippen LogP contribution in [0.2, 0.25) is 5.02 Å². The van der Waals surface area contributed by atoms with Crippen molar-refractivity contribution in [2.45, 2.75) is 6.54 Å². The number of hydrogen-bond donors (Lipinski definition) is 0. The first-order valence-corrected chi connectivity index (χ1v) is 7.38. The lowest BCUT2D eigenvalue weighted by Gasteiger charge is -2.13. The average molecular weight is 347 g/mol. The summed E-state index contributed by atoms with van der Waals surface area (Å²) in [7, 11) is 1.18. The van der Waals surface area contributed by atoms with Gasteiger partial charge in [0.25, 0.3) is 0 Å². The van der Waals surface area contributed by atoms with Crippen LogP contribution in [0.5, 0.6) is 0 Å². The predicted molar refractivity (Wildman–Crippen MR) is 87.9 cm³/mol. The van der Waals surface area contributed by atoms with Crippen LogP contribution in [0.1, 0.15) is 15.9 Å². The summed E-state index contributed by atoms with van der Waals surface area (Å²) in [6.45, 7) is 0.352. The Kier molecular flexibility index (Phi) is 4.31. The molecule has 1 aromatic carbocycles. The van der Waals surface area contributed by atoms with E-state index in [1.165, 1.54) is 19.4 Å². The van der Waals surface area contributed by atoms with Crippen molar-refractivity contribution in [1.82, 2.24) is 9.55 Å². The van der Waals surface area contributed by atoms with E-state index in [2.05, 4.69) is 9.72 Å². The molecule has 0 N–H and O–H groups in total. The van der Waals surface area contributed by atoms with E-state index in [4.69, 9.17) is 11.6 Å². The summed E-state index contributed by atoms with van der Waals surface area (Å²) in [5, 5.41) is -0.0370. The zero-order valence-electron chi connectivity index (χ0n) is 12.6. The molecule has 122 valence electrons. The van der Waals surface area contributed by atoms with Gasteiger partial charge in [-0.3, -0.25) is 9.78 Å². The monoisotopic (exact) mass is 346 g/mol. The van der Waals surface area contributed by atoms with Crippen molar-refractivity contribution in [1.29, 1.82) is 0 Å². The van der Waals surface area contributed by atoms with Crippen molar-refractivity contribution in [3.8, 4) is 0 Å². The fourth-order valence-corrected chi connectivity index (χ4v) is 2.61. The molecule has 2 heterocycles. The largest absolute Gasteiger partial charge is 0.465 e. The Morgan fingerprint density at radius 3 is 2.71 bits per heavy atom. The Labute approximate surface area is 141 Å². The minimum atomic E-state index is -0.777. The first kappa shape index (κ1) is 16.1. The van der Waals surface area contributed by atoms with Crippen molar-refractivity contribution in [2.75, 3.05) is 7.11 Å². The van der Waals surface area contributed by atoms with E-state index in [1.54, 1.807) is 29.1 Å². The maximum Gasteiger partial charge on any atom is 0.343 e. The van der Waals surface area contributed by atoms with Gasteiger partial charge in [0.2, 0.25) is 5.43 Å². The van der Waals surface area contributed by atoms with Gasteiger partial charge < -0.3 is 9.30 Å². The van der Waals surface area contributed by atoms with Crippen LogP contribution in [0, 0.1) is 5.82 Å². The van der Waals surface area contributed by atoms with E-state index in [9.17, 15) is 14.0 Å². The zero-order valence-corrected chi connectivity index (χ0v) is 13.4. The maximum absolute atomic E-state index is 13.8. The summed E-state index contributed by atoms with van der Waals surface area (Å²) < 4.78 is 20.1. The molecule has 3 rings (SSSR count). The average Bonchev–Trinajstić information content (AvgIpc) is 2.59. The summed E-state index contributed by atoms with van der Waals surface area (Å²) in [4.78, 5) is 28.3. The topological polar surface area (TPSA) is 61.2 Å². The van der Waals surface area contributed by atoms with E-state index in [-0.39, 0.29) is 16.0 Å². The SMILES string of the molecule is COC(=O)c1cn(Cc2ccncc2)c2cc(Cl)c(F)cc2c1=O. The van der Waals surface area contributed by atoms with Gasteiger partial charge in [-0.1, -0.05) is 11.6 Å². The minimum Gasteiger partial charge on any atom is -0.465 e. The Morgan fingerprint density at radius 1 is 1.33 bits per heavy atom. The van der Waals surface area contributed by atoms with E-state index in [0.717, 1.165) is 11.6 Å². The molecule has 0 aliphatic rings. The molecule has 0 radical (unpaired) electrons. The lowest BCUT2D eigenvalue weighted by molar-refractivity contribution is 0.0598. The van der Waals surface area contributed by atoms with Gasteiger partial charge in [0.15, 0.2) is 0 Å². The van der Waals surface area contributed by atoms with Crippen molar-refractivity contribution in [3.63, 3.8) is 0 Å². The van der Waals surface area contributed by atoms with Gasteiger partial charge in [0, 0.05) is 30.5 Å². The van der Waals surface area contributed by atoms with E-state index in [0.29, 0.717) is 12.1 Å². The number of rotatable bonds is 3. The van der Waals surface area contributed by atoms with Crippen molar-refractivity contribution < 1.29 is 13.9 Å². The fourth-order valence-electron chi connectivity index (χ4n) is 2.46. The number of carbonyl (C=O) groups excluding carboxylic acids is 1. The van der Waals surface area contributed by atoms with Gasteiger partial charge in [0.1, 0.15) is 11.4 Å². The molecule has 0 spiro atoms. The fraction of sp³-hybridized carbons (Fsp3) is 0.118. The summed E-state index contributed by atoms with van der Waals surface area (Å²) >= 11 is 5.85. The smallest absolute Gasteiger partial charge is 0.343 e. The number of carbonyl (C=O) groups is 1. The number of esters is 1. The molecule has 5 nitrogen and oxygen atoms in total. The number of halogens is 2. The molecule has 0 bridgehead atoms. The quantitative estimate of drug-likeness (QED) is 0.684. The third-order valence-corrected chi connectivity index (χ3v) is 3.92. The van der Waals surface area contributed by atoms with Crippen LogP contribution in [-0.2, 0) is 11.3 Å². The highest BCUT2D eigenvalue weighted by Crippen LogP contribution is 2.22. The Morgan fingerprint density at radius 2 is 2.04 bits per heavy atom. The third-order valence-electron chi connectivity index (χ3n) is 3.63. The number of nitrogens with zero attached hydrogens (tertiary/aromatic N) is 2. The Bertz CT molecular complexity index is 987. The second-order valence-corrected chi connectivity index (χ2v) is 5.54. The van der Waals surface area contributed by atoms with Crippen LogP contribution in [-0.4, -0.2) is 22.6 Å². The molecule has 0 fully saturated rings. The second kappa shape index (κ2) is 6.41. The molecule has 0 amide bonds. The first-order chi connectivity index (χ1) is 11.5. The van der Waals surface area contributed by atoms with Gasteiger partial charge in [-0.25, -0.2) is 9.18 Å². The molecule has 2 aromatic heterocycles. The molecule has 0 unspecified atom stereocenters. The van der Waals surface area contributed by atoms with Gasteiger partial charge in [0.05, 0.1) is 17.6 Å². The summed E-state index contributed by atoms with van der Waals surface area (Å²) in [6, 6.07) is 6.01. The molecule has 7 heteroatoms. The summed E-state index contributed by atoms with van der Waals surface area (Å²) in [5.41, 5.74) is 0.557. The van der Waals surface area contributed by atoms with Gasteiger partial charge in [-0.05, 0) is 29.8 Å². The van der Waals surface area contributed by atoms with E-state index in [1.807, 2.05) is 0 Å². The molecule has 24 heavy (non-hydrogen) atoms. The number of hydrogen-bond acceptors (Lipinski definition) is 4. The second-order valence-electron chi connectivity index (χ2n) is 5.13. The van der Waals surface area contributed by atoms with Crippen LogP contribution in [0.4, 0.5) is 4.39 Å². The van der Waals surface area contributed by atoms with Gasteiger partial charge in [-0.15, -0.1) is 0 Å². The normalized spacial score (nSPS) is 10.8. The number of aromatic nitrogens is 2. The first-order valence-electron chi connectivity index (χ1n) is 7.00. The van der Waals surface area contributed by atoms with Crippen LogP contribution in [0.3, 0.4) is 0 Å². The molecule has 0 aliphatic heterocycles. The highest BCUT2D eigenvalue weighted by Gasteiger charge is 2.17. The molecule has 0 saturated carbocycles. The molecule has 0 saturated heterocycles. The number of benzene rings is 1. The van der Waals surface area contributed by atoms with Crippen LogP contribution in [0.25, 0.3) is 10.9 Å². The minimum absolute atomic E-state index is 0.0638. The number of methoxy groups -OCH3 is 1. The number of ether oxygens (including phenoxy) is 1. The summed E-state index contributed by atoms with van der Waals surface area (Å²) in [6.07, 6.45) is 4.66. The lowest BCUT2D eigenvalue weighted by atomic mass is 10.1. The molecule has 0 aliphatic carbocycles. The molecular weight excluding hydrogens is 335 g/mol. The number of pyridine rings is 2. The molecule has 0 atom stereocenters. The lowest BCUT2D eigenvalue weighted by Crippen LogP contribution is -2.20. The van der Waals surface area contributed by atoms with Gasteiger partial charge in [-0.2, -0.15) is 0 Å².